The maximum Gasteiger partial charge on any atom is 0.315 e. The molecule has 1 saturated carbocycles. The van der Waals surface area contributed by atoms with Gasteiger partial charge < -0.3 is 15.4 Å². The molecule has 1 aliphatic heterocycles. The summed E-state index contributed by atoms with van der Waals surface area (Å²) in [7, 11) is 0. The van der Waals surface area contributed by atoms with Crippen molar-refractivity contribution in [3.05, 3.63) is 22.4 Å². The van der Waals surface area contributed by atoms with E-state index in [1.807, 2.05) is 0 Å². The molecule has 2 heterocycles. The van der Waals surface area contributed by atoms with Crippen LogP contribution in [0.25, 0.3) is 0 Å². The van der Waals surface area contributed by atoms with Gasteiger partial charge in [-0.15, -0.1) is 0 Å². The Hall–Kier alpha value is -1.07. The number of hydrogen-bond acceptors (Lipinski definition) is 3. The van der Waals surface area contributed by atoms with Gasteiger partial charge in [-0.3, -0.25) is 0 Å². The smallest absolute Gasteiger partial charge is 0.315 e. The predicted octanol–water partition coefficient (Wildman–Crippen LogP) is 3.11. The minimum absolute atomic E-state index is 0.0430. The zero-order chi connectivity index (χ0) is 14.7. The molecule has 3 atom stereocenters. The quantitative estimate of drug-likeness (QED) is 0.878. The van der Waals surface area contributed by atoms with E-state index in [0.29, 0.717) is 18.6 Å². The fourth-order valence-electron chi connectivity index (χ4n) is 2.91. The van der Waals surface area contributed by atoms with Crippen LogP contribution in [0.5, 0.6) is 0 Å². The molecule has 5 heteroatoms. The zero-order valence-corrected chi connectivity index (χ0v) is 13.3. The first-order chi connectivity index (χ1) is 10.2. The van der Waals surface area contributed by atoms with Crippen LogP contribution in [0.1, 0.15) is 44.1 Å². The van der Waals surface area contributed by atoms with Crippen molar-refractivity contribution in [1.82, 2.24) is 10.6 Å². The van der Waals surface area contributed by atoms with Crippen LogP contribution in [0.3, 0.4) is 0 Å². The molecule has 0 unspecified atom stereocenters. The van der Waals surface area contributed by atoms with Gasteiger partial charge in [0.05, 0.1) is 6.10 Å². The van der Waals surface area contributed by atoms with Crippen molar-refractivity contribution >= 4 is 17.4 Å². The summed E-state index contributed by atoms with van der Waals surface area (Å²) >= 11 is 1.70. The van der Waals surface area contributed by atoms with Crippen molar-refractivity contribution in [1.29, 1.82) is 0 Å². The molecule has 0 bridgehead atoms. The molecular formula is C16H24N2O2S. The fraction of sp³-hybridized carbons (Fsp3) is 0.688. The third kappa shape index (κ3) is 4.20. The van der Waals surface area contributed by atoms with E-state index in [0.717, 1.165) is 25.4 Å². The Labute approximate surface area is 130 Å². The first-order valence-electron chi connectivity index (χ1n) is 7.90. The Morgan fingerprint density at radius 3 is 3.05 bits per heavy atom. The van der Waals surface area contributed by atoms with Crippen molar-refractivity contribution in [3.63, 3.8) is 0 Å². The Balaban J connectivity index is 1.39. The van der Waals surface area contributed by atoms with Crippen LogP contribution < -0.4 is 10.6 Å². The molecule has 2 fully saturated rings. The van der Waals surface area contributed by atoms with E-state index in [2.05, 4.69) is 34.4 Å². The maximum absolute atomic E-state index is 12.0. The summed E-state index contributed by atoms with van der Waals surface area (Å²) in [4.78, 5) is 12.0. The molecule has 3 rings (SSSR count). The highest BCUT2D eigenvalue weighted by molar-refractivity contribution is 7.07. The van der Waals surface area contributed by atoms with Crippen LogP contribution in [0, 0.1) is 5.92 Å². The Kier molecular flexibility index (Phi) is 4.80. The SMILES string of the molecule is C[C@H](CNC(=O)N[C@@H]1CCO[C@H](C2CC2)C1)c1ccsc1. The zero-order valence-electron chi connectivity index (χ0n) is 12.5. The van der Waals surface area contributed by atoms with Gasteiger partial charge >= 0.3 is 6.03 Å². The minimum Gasteiger partial charge on any atom is -0.378 e. The molecule has 2 amide bonds. The summed E-state index contributed by atoms with van der Waals surface area (Å²) in [5.74, 6) is 1.10. The number of nitrogens with one attached hydrogen (secondary N) is 2. The van der Waals surface area contributed by atoms with E-state index in [-0.39, 0.29) is 12.1 Å². The van der Waals surface area contributed by atoms with Crippen molar-refractivity contribution < 1.29 is 9.53 Å². The summed E-state index contributed by atoms with van der Waals surface area (Å²) in [6, 6.07) is 2.34. The van der Waals surface area contributed by atoms with Crippen LogP contribution in [0.2, 0.25) is 0 Å². The molecule has 1 saturated heterocycles. The lowest BCUT2D eigenvalue weighted by atomic mass is 10.0. The Bertz CT molecular complexity index is 459. The average Bonchev–Trinajstić information content (AvgIpc) is 3.20. The molecule has 1 aromatic heterocycles. The Morgan fingerprint density at radius 2 is 2.33 bits per heavy atom. The lowest BCUT2D eigenvalue weighted by Gasteiger charge is -2.30. The number of carbonyl (C=O) groups excluding carboxylic acids is 1. The lowest BCUT2D eigenvalue weighted by molar-refractivity contribution is -0.00914. The number of thiophene rings is 1. The molecule has 0 spiro atoms. The lowest BCUT2D eigenvalue weighted by Crippen LogP contribution is -2.47. The van der Waals surface area contributed by atoms with Crippen molar-refractivity contribution in [2.24, 2.45) is 5.92 Å². The van der Waals surface area contributed by atoms with Crippen LogP contribution in [0.4, 0.5) is 4.79 Å². The van der Waals surface area contributed by atoms with Gasteiger partial charge in [0.25, 0.3) is 0 Å². The molecule has 21 heavy (non-hydrogen) atoms. The number of rotatable bonds is 5. The van der Waals surface area contributed by atoms with E-state index in [9.17, 15) is 4.79 Å². The second-order valence-corrected chi connectivity index (χ2v) is 7.06. The summed E-state index contributed by atoms with van der Waals surface area (Å²) < 4.78 is 5.79. The summed E-state index contributed by atoms with van der Waals surface area (Å²) in [5.41, 5.74) is 1.29. The van der Waals surface area contributed by atoms with Gasteiger partial charge in [0.1, 0.15) is 0 Å². The second-order valence-electron chi connectivity index (χ2n) is 6.28. The molecule has 2 aliphatic rings. The average molecular weight is 308 g/mol. The van der Waals surface area contributed by atoms with Crippen molar-refractivity contribution in [2.45, 2.75) is 50.7 Å². The van der Waals surface area contributed by atoms with Crippen molar-refractivity contribution in [2.75, 3.05) is 13.2 Å². The van der Waals surface area contributed by atoms with Gasteiger partial charge in [-0.1, -0.05) is 6.92 Å². The standard InChI is InChI=1S/C16H24N2O2S/c1-11(13-5-7-21-10-13)9-17-16(19)18-14-4-6-20-15(8-14)12-2-3-12/h5,7,10-12,14-15H,2-4,6,8-9H2,1H3,(H2,17,18,19)/t11-,14-,15+/m1/s1. The van der Waals surface area contributed by atoms with Crippen LogP contribution >= 0.6 is 11.3 Å². The Morgan fingerprint density at radius 1 is 1.48 bits per heavy atom. The molecule has 0 aromatic carbocycles. The first kappa shape index (κ1) is 14.9. The minimum atomic E-state index is -0.0430. The highest BCUT2D eigenvalue weighted by Crippen LogP contribution is 2.38. The second kappa shape index (κ2) is 6.79. The molecule has 4 nitrogen and oxygen atoms in total. The number of urea groups is 1. The van der Waals surface area contributed by atoms with Crippen LogP contribution in [-0.4, -0.2) is 31.3 Å². The van der Waals surface area contributed by atoms with Gasteiger partial charge in [0.2, 0.25) is 0 Å². The third-order valence-corrected chi connectivity index (χ3v) is 5.18. The normalized spacial score (nSPS) is 27.1. The van der Waals surface area contributed by atoms with E-state index in [1.165, 1.54) is 18.4 Å². The number of ether oxygens (including phenoxy) is 1. The number of carbonyl (C=O) groups is 1. The van der Waals surface area contributed by atoms with Crippen LogP contribution in [0.15, 0.2) is 16.8 Å². The number of amides is 2. The molecule has 1 aliphatic carbocycles. The largest absolute Gasteiger partial charge is 0.378 e. The maximum atomic E-state index is 12.0. The highest BCUT2D eigenvalue weighted by atomic mass is 32.1. The summed E-state index contributed by atoms with van der Waals surface area (Å²) in [6.45, 7) is 3.59. The van der Waals surface area contributed by atoms with E-state index < -0.39 is 0 Å². The van der Waals surface area contributed by atoms with E-state index in [1.54, 1.807) is 11.3 Å². The number of hydrogen-bond donors (Lipinski definition) is 2. The molecule has 0 radical (unpaired) electrons. The van der Waals surface area contributed by atoms with Gasteiger partial charge in [0.15, 0.2) is 0 Å². The third-order valence-electron chi connectivity index (χ3n) is 4.48. The van der Waals surface area contributed by atoms with Gasteiger partial charge in [0, 0.05) is 19.2 Å². The summed E-state index contributed by atoms with van der Waals surface area (Å²) in [6.07, 6.45) is 4.85. The van der Waals surface area contributed by atoms with Gasteiger partial charge in [-0.2, -0.15) is 11.3 Å². The van der Waals surface area contributed by atoms with Gasteiger partial charge in [-0.05, 0) is 59.9 Å². The summed E-state index contributed by atoms with van der Waals surface area (Å²) in [5, 5.41) is 10.3. The van der Waals surface area contributed by atoms with E-state index in [4.69, 9.17) is 4.74 Å². The van der Waals surface area contributed by atoms with Crippen molar-refractivity contribution in [3.8, 4) is 0 Å². The fourth-order valence-corrected chi connectivity index (χ4v) is 3.69. The first-order valence-corrected chi connectivity index (χ1v) is 8.84. The highest BCUT2D eigenvalue weighted by Gasteiger charge is 2.36. The topological polar surface area (TPSA) is 50.4 Å². The molecule has 2 N–H and O–H groups in total. The van der Waals surface area contributed by atoms with Gasteiger partial charge in [-0.25, -0.2) is 4.79 Å². The predicted molar refractivity (Wildman–Crippen MR) is 84.8 cm³/mol. The monoisotopic (exact) mass is 308 g/mol. The molecule has 116 valence electrons. The molecule has 1 aromatic rings. The molecular weight excluding hydrogens is 284 g/mol. The van der Waals surface area contributed by atoms with Crippen LogP contribution in [-0.2, 0) is 4.74 Å². The van der Waals surface area contributed by atoms with E-state index >= 15 is 0 Å².